The molecule has 142 valence electrons. The second kappa shape index (κ2) is 7.11. The van der Waals surface area contributed by atoms with Gasteiger partial charge in [0.25, 0.3) is 5.91 Å². The molecule has 0 atom stereocenters. The van der Waals surface area contributed by atoms with Crippen LogP contribution in [0.2, 0.25) is 0 Å². The Balaban J connectivity index is 1.60. The predicted octanol–water partition coefficient (Wildman–Crippen LogP) is 5.22. The van der Waals surface area contributed by atoms with Crippen molar-refractivity contribution in [2.24, 2.45) is 0 Å². The van der Waals surface area contributed by atoms with Crippen LogP contribution < -0.4 is 5.32 Å². The van der Waals surface area contributed by atoms with Crippen molar-refractivity contribution in [3.05, 3.63) is 82.3 Å². The first-order chi connectivity index (χ1) is 13.5. The van der Waals surface area contributed by atoms with Gasteiger partial charge in [0.15, 0.2) is 0 Å². The van der Waals surface area contributed by atoms with Crippen LogP contribution in [0.3, 0.4) is 0 Å². The molecule has 1 aliphatic rings. The van der Waals surface area contributed by atoms with Crippen molar-refractivity contribution < 1.29 is 18.0 Å². The number of nitrogens with zero attached hydrogens (tertiary/aromatic N) is 1. The Labute approximate surface area is 160 Å². The number of carbonyl (C=O) groups excluding carboxylic acids is 1. The van der Waals surface area contributed by atoms with E-state index in [0.29, 0.717) is 11.1 Å². The highest BCUT2D eigenvalue weighted by atomic mass is 19.1. The lowest BCUT2D eigenvalue weighted by Gasteiger charge is -2.12. The summed E-state index contributed by atoms with van der Waals surface area (Å²) < 4.78 is 42.1. The lowest BCUT2D eigenvalue weighted by molar-refractivity contribution is 0.101. The minimum Gasteiger partial charge on any atom is -0.306 e. The Kier molecular flexibility index (Phi) is 4.63. The second-order valence-corrected chi connectivity index (χ2v) is 6.84. The smallest absolute Gasteiger partial charge is 0.262 e. The van der Waals surface area contributed by atoms with E-state index < -0.39 is 23.1 Å². The fraction of sp³-hybridized carbons (Fsp3) is 0.182. The molecular weight excluding hydrogens is 365 g/mol. The molecular formula is C22H17F3N2O. The molecule has 0 fully saturated rings. The van der Waals surface area contributed by atoms with Crippen LogP contribution in [0.4, 0.5) is 19.0 Å². The van der Waals surface area contributed by atoms with Gasteiger partial charge in [-0.2, -0.15) is 0 Å². The van der Waals surface area contributed by atoms with Gasteiger partial charge in [0.2, 0.25) is 0 Å². The summed E-state index contributed by atoms with van der Waals surface area (Å²) >= 11 is 0. The number of pyridine rings is 1. The van der Waals surface area contributed by atoms with Crippen molar-refractivity contribution in [2.45, 2.75) is 26.2 Å². The zero-order valence-corrected chi connectivity index (χ0v) is 15.2. The Morgan fingerprint density at radius 3 is 2.50 bits per heavy atom. The highest BCUT2D eigenvalue weighted by molar-refractivity contribution is 6.04. The Hall–Kier alpha value is -3.15. The first-order valence-corrected chi connectivity index (χ1v) is 8.98. The number of anilines is 1. The molecule has 2 aromatic carbocycles. The molecule has 0 saturated heterocycles. The number of fused-ring (bicyclic) bond motifs is 1. The zero-order valence-electron chi connectivity index (χ0n) is 15.2. The number of hydrogen-bond donors (Lipinski definition) is 1. The number of rotatable bonds is 3. The van der Waals surface area contributed by atoms with E-state index in [2.05, 4.69) is 10.3 Å². The highest BCUT2D eigenvalue weighted by Gasteiger charge is 2.21. The summed E-state index contributed by atoms with van der Waals surface area (Å²) in [6.07, 6.45) is 4.08. The first-order valence-electron chi connectivity index (χ1n) is 8.98. The topological polar surface area (TPSA) is 42.0 Å². The molecule has 3 nitrogen and oxygen atoms in total. The Morgan fingerprint density at radius 2 is 1.82 bits per heavy atom. The molecule has 1 amide bonds. The van der Waals surface area contributed by atoms with Gasteiger partial charge in [0, 0.05) is 11.8 Å². The van der Waals surface area contributed by atoms with Crippen LogP contribution in [0.1, 0.15) is 33.5 Å². The van der Waals surface area contributed by atoms with Gasteiger partial charge in [-0.1, -0.05) is 12.1 Å². The van der Waals surface area contributed by atoms with Crippen LogP contribution in [-0.4, -0.2) is 10.9 Å². The molecule has 0 spiro atoms. The third-order valence-electron chi connectivity index (χ3n) is 5.08. The van der Waals surface area contributed by atoms with Crippen LogP contribution in [0.5, 0.6) is 0 Å². The maximum Gasteiger partial charge on any atom is 0.262 e. The summed E-state index contributed by atoms with van der Waals surface area (Å²) in [7, 11) is 0. The number of halogens is 3. The molecule has 0 bridgehead atoms. The van der Waals surface area contributed by atoms with E-state index in [1.54, 1.807) is 13.0 Å². The van der Waals surface area contributed by atoms with Crippen LogP contribution in [0, 0.1) is 24.4 Å². The van der Waals surface area contributed by atoms with Crippen LogP contribution >= 0.6 is 0 Å². The molecule has 1 aromatic heterocycles. The van der Waals surface area contributed by atoms with Gasteiger partial charge in [0.05, 0.1) is 0 Å². The molecule has 0 saturated carbocycles. The second-order valence-electron chi connectivity index (χ2n) is 6.84. The molecule has 0 unspecified atom stereocenters. The summed E-state index contributed by atoms with van der Waals surface area (Å²) in [5.74, 6) is -2.83. The minimum absolute atomic E-state index is 0.149. The van der Waals surface area contributed by atoms with Gasteiger partial charge in [0.1, 0.15) is 28.8 Å². The predicted molar refractivity (Wildman–Crippen MR) is 101 cm³/mol. The lowest BCUT2D eigenvalue weighted by Crippen LogP contribution is -2.16. The normalized spacial score (nSPS) is 12.7. The molecule has 4 rings (SSSR count). The highest BCUT2D eigenvalue weighted by Crippen LogP contribution is 2.34. The van der Waals surface area contributed by atoms with E-state index in [9.17, 15) is 18.0 Å². The van der Waals surface area contributed by atoms with E-state index in [1.165, 1.54) is 18.3 Å². The van der Waals surface area contributed by atoms with Crippen molar-refractivity contribution in [2.75, 3.05) is 5.32 Å². The molecule has 28 heavy (non-hydrogen) atoms. The Bertz CT molecular complexity index is 1060. The molecule has 1 N–H and O–H groups in total. The minimum atomic E-state index is -0.946. The fourth-order valence-corrected chi connectivity index (χ4v) is 3.62. The van der Waals surface area contributed by atoms with Gasteiger partial charge in [-0.05, 0) is 72.7 Å². The van der Waals surface area contributed by atoms with Crippen molar-refractivity contribution in [3.63, 3.8) is 0 Å². The third kappa shape index (κ3) is 3.15. The van der Waals surface area contributed by atoms with Crippen LogP contribution in [-0.2, 0) is 12.8 Å². The Morgan fingerprint density at radius 1 is 1.07 bits per heavy atom. The van der Waals surface area contributed by atoms with E-state index in [1.807, 2.05) is 6.07 Å². The summed E-state index contributed by atoms with van der Waals surface area (Å²) in [6, 6.07) is 8.43. The number of nitrogens with one attached hydrogen (secondary N) is 1. The van der Waals surface area contributed by atoms with Gasteiger partial charge < -0.3 is 5.32 Å². The quantitative estimate of drug-likeness (QED) is 0.675. The monoisotopic (exact) mass is 382 g/mol. The first kappa shape index (κ1) is 18.2. The van der Waals surface area contributed by atoms with Crippen LogP contribution in [0.15, 0.2) is 42.6 Å². The van der Waals surface area contributed by atoms with Gasteiger partial charge in [-0.25, -0.2) is 18.2 Å². The summed E-state index contributed by atoms with van der Waals surface area (Å²) in [4.78, 5) is 16.3. The van der Waals surface area contributed by atoms with E-state index in [-0.39, 0.29) is 11.6 Å². The largest absolute Gasteiger partial charge is 0.306 e. The molecule has 1 heterocycles. The zero-order chi connectivity index (χ0) is 19.8. The van der Waals surface area contributed by atoms with E-state index in [4.69, 9.17) is 0 Å². The molecule has 1 aliphatic carbocycles. The number of hydrogen-bond acceptors (Lipinski definition) is 2. The van der Waals surface area contributed by atoms with Crippen molar-refractivity contribution in [1.29, 1.82) is 0 Å². The van der Waals surface area contributed by atoms with Crippen molar-refractivity contribution >= 4 is 11.7 Å². The number of amides is 1. The van der Waals surface area contributed by atoms with E-state index >= 15 is 0 Å². The SMILES string of the molecule is Cc1c(-c2ccc(NC(=O)c3c(F)cccc3F)nc2)cc2c(c1F)CCC2. The van der Waals surface area contributed by atoms with Gasteiger partial charge in [-0.15, -0.1) is 0 Å². The van der Waals surface area contributed by atoms with E-state index in [0.717, 1.165) is 48.1 Å². The maximum atomic E-state index is 14.6. The number of benzene rings is 2. The standard InChI is InChI=1S/C22H17F3N2O/c1-12-16(10-13-4-2-5-15(13)21(12)25)14-8-9-19(26-11-14)27-22(28)20-17(23)6-3-7-18(20)24/h3,6-11H,2,4-5H2,1H3,(H,26,27,28). The molecule has 3 aromatic rings. The average Bonchev–Trinajstić information content (AvgIpc) is 3.14. The number of carbonyl (C=O) groups is 1. The molecule has 0 radical (unpaired) electrons. The number of aryl methyl sites for hydroxylation is 1. The summed E-state index contributed by atoms with van der Waals surface area (Å²) in [6.45, 7) is 1.74. The fourth-order valence-electron chi connectivity index (χ4n) is 3.62. The summed E-state index contributed by atoms with van der Waals surface area (Å²) in [5, 5.41) is 2.38. The maximum absolute atomic E-state index is 14.6. The lowest BCUT2D eigenvalue weighted by atomic mass is 9.96. The molecule has 6 heteroatoms. The summed E-state index contributed by atoms with van der Waals surface area (Å²) in [5.41, 5.74) is 3.18. The third-order valence-corrected chi connectivity index (χ3v) is 5.08. The number of aromatic nitrogens is 1. The van der Waals surface area contributed by atoms with Gasteiger partial charge in [-0.3, -0.25) is 4.79 Å². The van der Waals surface area contributed by atoms with Gasteiger partial charge >= 0.3 is 0 Å². The van der Waals surface area contributed by atoms with Crippen molar-refractivity contribution in [3.8, 4) is 11.1 Å². The van der Waals surface area contributed by atoms with Crippen molar-refractivity contribution in [1.82, 2.24) is 4.98 Å². The molecule has 0 aliphatic heterocycles. The van der Waals surface area contributed by atoms with Crippen LogP contribution in [0.25, 0.3) is 11.1 Å². The average molecular weight is 382 g/mol.